The monoisotopic (exact) mass is 389 g/mol. The number of halogens is 3. The molecule has 8 heteroatoms. The summed E-state index contributed by atoms with van der Waals surface area (Å²) in [5.41, 5.74) is 1.81. The first-order chi connectivity index (χ1) is 13.5. The summed E-state index contributed by atoms with van der Waals surface area (Å²) in [6.07, 6.45) is -3.78. The van der Waals surface area contributed by atoms with Gasteiger partial charge in [-0.1, -0.05) is 30.3 Å². The zero-order valence-electron chi connectivity index (χ0n) is 14.9. The maximum absolute atomic E-state index is 12.2. The number of hydrogen-bond acceptors (Lipinski definition) is 5. The first-order valence-electron chi connectivity index (χ1n) is 8.92. The minimum Gasteiger partial charge on any atom is -0.420 e. The molecule has 0 N–H and O–H groups in total. The lowest BCUT2D eigenvalue weighted by molar-refractivity contribution is -0.274. The molecule has 1 atom stereocenters. The van der Waals surface area contributed by atoms with Gasteiger partial charge in [-0.15, -0.1) is 23.4 Å². The van der Waals surface area contributed by atoms with Gasteiger partial charge in [0.25, 0.3) is 0 Å². The van der Waals surface area contributed by atoms with Crippen LogP contribution in [0.3, 0.4) is 0 Å². The zero-order valence-corrected chi connectivity index (χ0v) is 14.9. The van der Waals surface area contributed by atoms with Crippen LogP contribution in [0.4, 0.5) is 13.2 Å². The fourth-order valence-electron chi connectivity index (χ4n) is 3.33. The summed E-state index contributed by atoms with van der Waals surface area (Å²) in [7, 11) is 0. The van der Waals surface area contributed by atoms with E-state index in [4.69, 9.17) is 4.42 Å². The highest BCUT2D eigenvalue weighted by Gasteiger charge is 2.31. The van der Waals surface area contributed by atoms with Crippen molar-refractivity contribution in [3.05, 3.63) is 66.1 Å². The third-order valence-corrected chi connectivity index (χ3v) is 4.65. The molecule has 2 heterocycles. The van der Waals surface area contributed by atoms with Gasteiger partial charge in [0.1, 0.15) is 5.75 Å². The van der Waals surface area contributed by atoms with E-state index in [2.05, 4.69) is 19.8 Å². The van der Waals surface area contributed by atoms with E-state index < -0.39 is 6.36 Å². The molecule has 0 saturated carbocycles. The Kier molecular flexibility index (Phi) is 5.04. The minimum absolute atomic E-state index is 0.151. The average Bonchev–Trinajstić information content (AvgIpc) is 3.32. The van der Waals surface area contributed by atoms with Crippen LogP contribution in [0.1, 0.15) is 23.8 Å². The van der Waals surface area contributed by atoms with E-state index in [1.54, 1.807) is 12.1 Å². The van der Waals surface area contributed by atoms with Crippen molar-refractivity contribution in [2.45, 2.75) is 25.2 Å². The second kappa shape index (κ2) is 7.63. The normalized spacial score (nSPS) is 17.8. The van der Waals surface area contributed by atoms with Crippen LogP contribution >= 0.6 is 0 Å². The highest BCUT2D eigenvalue weighted by Crippen LogP contribution is 2.30. The summed E-state index contributed by atoms with van der Waals surface area (Å²) < 4.78 is 46.4. The molecule has 1 aliphatic rings. The van der Waals surface area contributed by atoms with Crippen molar-refractivity contribution < 1.29 is 22.3 Å². The Balaban J connectivity index is 1.35. The lowest BCUT2D eigenvalue weighted by Gasteiger charge is -2.16. The molecular formula is C20H18F3N3O2. The van der Waals surface area contributed by atoms with Gasteiger partial charge in [0.2, 0.25) is 11.8 Å². The number of benzene rings is 2. The van der Waals surface area contributed by atoms with Crippen molar-refractivity contribution in [3.63, 3.8) is 0 Å². The standard InChI is InChI=1S/C20H18F3N3O2/c21-20(22,23)28-17-8-6-14(7-9-17)12-26-11-10-16(13-26)19-25-24-18(27-19)15-4-2-1-3-5-15/h1-9,16H,10-13H2. The highest BCUT2D eigenvalue weighted by atomic mass is 19.4. The summed E-state index contributed by atoms with van der Waals surface area (Å²) in [6.45, 7) is 2.26. The van der Waals surface area contributed by atoms with E-state index >= 15 is 0 Å². The van der Waals surface area contributed by atoms with E-state index in [-0.39, 0.29) is 11.7 Å². The molecule has 1 unspecified atom stereocenters. The first kappa shape index (κ1) is 18.5. The number of ether oxygens (including phenoxy) is 1. The van der Waals surface area contributed by atoms with Crippen molar-refractivity contribution in [3.8, 4) is 17.2 Å². The van der Waals surface area contributed by atoms with Gasteiger partial charge in [-0.05, 0) is 42.8 Å². The molecule has 0 radical (unpaired) electrons. The van der Waals surface area contributed by atoms with E-state index in [1.165, 1.54) is 12.1 Å². The molecule has 5 nitrogen and oxygen atoms in total. The number of aromatic nitrogens is 2. The van der Waals surface area contributed by atoms with Crippen LogP contribution in [0.15, 0.2) is 59.0 Å². The van der Waals surface area contributed by atoms with Crippen molar-refractivity contribution in [1.29, 1.82) is 0 Å². The third-order valence-electron chi connectivity index (χ3n) is 4.65. The molecule has 146 valence electrons. The van der Waals surface area contributed by atoms with E-state index in [0.717, 1.165) is 30.6 Å². The Bertz CT molecular complexity index is 910. The van der Waals surface area contributed by atoms with E-state index in [9.17, 15) is 13.2 Å². The molecule has 4 rings (SSSR count). The minimum atomic E-state index is -4.67. The lowest BCUT2D eigenvalue weighted by atomic mass is 10.1. The molecule has 0 spiro atoms. The molecule has 1 aromatic heterocycles. The van der Waals surface area contributed by atoms with Gasteiger partial charge in [0.05, 0.1) is 5.92 Å². The van der Waals surface area contributed by atoms with Gasteiger partial charge in [0, 0.05) is 18.7 Å². The van der Waals surface area contributed by atoms with Gasteiger partial charge in [-0.2, -0.15) is 0 Å². The molecule has 2 aromatic carbocycles. The number of alkyl halides is 3. The molecule has 0 aliphatic carbocycles. The van der Waals surface area contributed by atoms with Crippen molar-refractivity contribution in [2.75, 3.05) is 13.1 Å². The van der Waals surface area contributed by atoms with Crippen LogP contribution in [0, 0.1) is 0 Å². The van der Waals surface area contributed by atoms with Gasteiger partial charge in [0.15, 0.2) is 0 Å². The topological polar surface area (TPSA) is 51.4 Å². The summed E-state index contributed by atoms with van der Waals surface area (Å²) in [4.78, 5) is 2.22. The fourth-order valence-corrected chi connectivity index (χ4v) is 3.33. The van der Waals surface area contributed by atoms with Gasteiger partial charge in [-0.3, -0.25) is 4.90 Å². The molecule has 0 bridgehead atoms. The predicted molar refractivity (Wildman–Crippen MR) is 95.5 cm³/mol. The Hall–Kier alpha value is -2.87. The van der Waals surface area contributed by atoms with Crippen molar-refractivity contribution in [1.82, 2.24) is 15.1 Å². The number of likely N-dealkylation sites (tertiary alicyclic amines) is 1. The van der Waals surface area contributed by atoms with Crippen molar-refractivity contribution >= 4 is 0 Å². The molecule has 1 aliphatic heterocycles. The second-order valence-electron chi connectivity index (χ2n) is 6.72. The summed E-state index contributed by atoms with van der Waals surface area (Å²) in [6, 6.07) is 15.6. The maximum atomic E-state index is 12.2. The Morgan fingerprint density at radius 1 is 1.04 bits per heavy atom. The summed E-state index contributed by atoms with van der Waals surface area (Å²) in [5, 5.41) is 8.33. The second-order valence-corrected chi connectivity index (χ2v) is 6.72. The van der Waals surface area contributed by atoms with Gasteiger partial charge < -0.3 is 9.15 Å². The third kappa shape index (κ3) is 4.51. The summed E-state index contributed by atoms with van der Waals surface area (Å²) >= 11 is 0. The van der Waals surface area contributed by atoms with Crippen LogP contribution in [-0.2, 0) is 6.54 Å². The van der Waals surface area contributed by atoms with E-state index in [1.807, 2.05) is 30.3 Å². The maximum Gasteiger partial charge on any atom is 0.573 e. The van der Waals surface area contributed by atoms with Crippen LogP contribution < -0.4 is 4.74 Å². The van der Waals surface area contributed by atoms with Crippen LogP contribution in [0.5, 0.6) is 5.75 Å². The van der Waals surface area contributed by atoms with Crippen LogP contribution in [0.25, 0.3) is 11.5 Å². The molecule has 0 amide bonds. The number of nitrogens with zero attached hydrogens (tertiary/aromatic N) is 3. The molecule has 3 aromatic rings. The molecule has 1 saturated heterocycles. The number of hydrogen-bond donors (Lipinski definition) is 0. The number of rotatable bonds is 5. The van der Waals surface area contributed by atoms with Gasteiger partial charge >= 0.3 is 6.36 Å². The van der Waals surface area contributed by atoms with Gasteiger partial charge in [-0.25, -0.2) is 0 Å². The van der Waals surface area contributed by atoms with Crippen molar-refractivity contribution in [2.24, 2.45) is 0 Å². The SMILES string of the molecule is FC(F)(F)Oc1ccc(CN2CCC(c3nnc(-c4ccccc4)o3)C2)cc1. The summed E-state index contributed by atoms with van der Waals surface area (Å²) in [5.74, 6) is 1.07. The molecule has 1 fully saturated rings. The first-order valence-corrected chi connectivity index (χ1v) is 8.92. The Morgan fingerprint density at radius 2 is 1.79 bits per heavy atom. The zero-order chi connectivity index (χ0) is 19.6. The van der Waals surface area contributed by atoms with E-state index in [0.29, 0.717) is 18.3 Å². The molecular weight excluding hydrogens is 371 g/mol. The predicted octanol–water partition coefficient (Wildman–Crippen LogP) is 4.62. The fraction of sp³-hybridized carbons (Fsp3) is 0.300. The smallest absolute Gasteiger partial charge is 0.420 e. The average molecular weight is 389 g/mol. The largest absolute Gasteiger partial charge is 0.573 e. The Labute approximate surface area is 159 Å². The Morgan fingerprint density at radius 3 is 2.50 bits per heavy atom. The highest BCUT2D eigenvalue weighted by molar-refractivity contribution is 5.51. The lowest BCUT2D eigenvalue weighted by Crippen LogP contribution is -2.20. The quantitative estimate of drug-likeness (QED) is 0.637. The van der Waals surface area contributed by atoms with Crippen LogP contribution in [0.2, 0.25) is 0 Å². The molecule has 28 heavy (non-hydrogen) atoms. The van der Waals surface area contributed by atoms with Crippen LogP contribution in [-0.4, -0.2) is 34.5 Å².